The van der Waals surface area contributed by atoms with Crippen molar-refractivity contribution in [3.05, 3.63) is 82.5 Å². The minimum atomic E-state index is -0.348. The first-order valence-electron chi connectivity index (χ1n) is 12.9. The van der Waals surface area contributed by atoms with Gasteiger partial charge in [0.05, 0.1) is 18.0 Å². The number of hydrogen-bond acceptors (Lipinski definition) is 4. The largest absolute Gasteiger partial charge is 0.494 e. The van der Waals surface area contributed by atoms with Gasteiger partial charge in [-0.3, -0.25) is 4.90 Å². The van der Waals surface area contributed by atoms with Crippen molar-refractivity contribution in [1.82, 2.24) is 14.8 Å². The predicted octanol–water partition coefficient (Wildman–Crippen LogP) is 6.74. The lowest BCUT2D eigenvalue weighted by atomic mass is 9.84. The molecule has 2 aromatic rings. The molecule has 8 heteroatoms. The fourth-order valence-electron chi connectivity index (χ4n) is 5.28. The molecule has 37 heavy (non-hydrogen) atoms. The summed E-state index contributed by atoms with van der Waals surface area (Å²) < 4.78 is 11.8. The monoisotopic (exact) mass is 541 g/mol. The molecule has 0 saturated heterocycles. The third-order valence-corrected chi connectivity index (χ3v) is 7.67. The standard InChI is InChI=1S/C29H33Cl2N3O3/c1-33(2)15-3-17-36-22-9-4-19(5-10-22)28-27-24(25-18-21(31)8-13-26(25)32-27)14-16-34(28)29(35)37-23-11-6-20(30)7-12-23/h4,6,8-13,18-20,28,32H,3,5,7,14-17H2,1-2H3. The second-order valence-corrected chi connectivity index (χ2v) is 11.0. The second kappa shape index (κ2) is 11.4. The molecular formula is C29H33Cl2N3O3. The Labute approximate surface area is 228 Å². The van der Waals surface area contributed by atoms with Crippen LogP contribution in [0.1, 0.15) is 36.6 Å². The molecule has 3 aliphatic rings. The molecule has 6 nitrogen and oxygen atoms in total. The molecule has 1 aromatic carbocycles. The topological polar surface area (TPSA) is 57.8 Å². The van der Waals surface area contributed by atoms with E-state index >= 15 is 0 Å². The molecule has 0 fully saturated rings. The van der Waals surface area contributed by atoms with Crippen molar-refractivity contribution in [3.63, 3.8) is 0 Å². The average molecular weight is 543 g/mol. The van der Waals surface area contributed by atoms with Crippen LogP contribution >= 0.6 is 23.2 Å². The molecule has 1 aliphatic heterocycles. The van der Waals surface area contributed by atoms with Gasteiger partial charge >= 0.3 is 6.09 Å². The van der Waals surface area contributed by atoms with Gasteiger partial charge in [-0.1, -0.05) is 23.8 Å². The van der Waals surface area contributed by atoms with Crippen LogP contribution in [0.15, 0.2) is 66.2 Å². The number of halogens is 2. The summed E-state index contributed by atoms with van der Waals surface area (Å²) in [6, 6.07) is 5.71. The minimum absolute atomic E-state index is 0.0654. The van der Waals surface area contributed by atoms with Gasteiger partial charge in [0.15, 0.2) is 0 Å². The molecule has 2 heterocycles. The summed E-state index contributed by atoms with van der Waals surface area (Å²) in [4.78, 5) is 21.1. The third kappa shape index (κ3) is 5.92. The van der Waals surface area contributed by atoms with E-state index < -0.39 is 0 Å². The van der Waals surface area contributed by atoms with Gasteiger partial charge in [0.2, 0.25) is 0 Å². The Morgan fingerprint density at radius 3 is 2.70 bits per heavy atom. The molecule has 1 aromatic heterocycles. The number of alkyl halides is 1. The fraction of sp³-hybridized carbons (Fsp3) is 0.414. The normalized spacial score (nSPS) is 23.2. The van der Waals surface area contributed by atoms with Crippen molar-refractivity contribution >= 4 is 40.2 Å². The van der Waals surface area contributed by atoms with E-state index in [0.29, 0.717) is 30.4 Å². The van der Waals surface area contributed by atoms with Gasteiger partial charge in [-0.25, -0.2) is 4.79 Å². The summed E-state index contributed by atoms with van der Waals surface area (Å²) >= 11 is 12.5. The van der Waals surface area contributed by atoms with E-state index in [1.807, 2.05) is 41.3 Å². The number of fused-ring (bicyclic) bond motifs is 3. The Bertz CT molecular complexity index is 1280. The molecule has 1 N–H and O–H groups in total. The highest BCUT2D eigenvalue weighted by Gasteiger charge is 2.39. The van der Waals surface area contributed by atoms with Crippen molar-refractivity contribution in [2.45, 2.75) is 37.1 Å². The number of hydrogen-bond donors (Lipinski definition) is 1. The lowest BCUT2D eigenvalue weighted by Gasteiger charge is -2.39. The maximum absolute atomic E-state index is 13.5. The summed E-state index contributed by atoms with van der Waals surface area (Å²) in [7, 11) is 4.13. The molecule has 196 valence electrons. The smallest absolute Gasteiger partial charge is 0.415 e. The van der Waals surface area contributed by atoms with E-state index in [1.54, 1.807) is 6.08 Å². The van der Waals surface area contributed by atoms with Crippen LogP contribution in [0, 0.1) is 5.92 Å². The zero-order chi connectivity index (χ0) is 25.9. The number of carbonyl (C=O) groups is 1. The molecule has 3 unspecified atom stereocenters. The quantitative estimate of drug-likeness (QED) is 0.311. The molecule has 3 atom stereocenters. The van der Waals surface area contributed by atoms with E-state index in [2.05, 4.69) is 36.1 Å². The highest BCUT2D eigenvalue weighted by molar-refractivity contribution is 6.31. The number of carbonyl (C=O) groups excluding carboxylic acids is 1. The maximum atomic E-state index is 13.5. The van der Waals surface area contributed by atoms with Gasteiger partial charge in [0.25, 0.3) is 0 Å². The number of nitrogens with zero attached hydrogens (tertiary/aromatic N) is 2. The molecule has 0 spiro atoms. The molecule has 0 bridgehead atoms. The molecule has 1 amide bonds. The molecule has 2 aliphatic carbocycles. The van der Waals surface area contributed by atoms with E-state index in [4.69, 9.17) is 32.7 Å². The Morgan fingerprint density at radius 2 is 1.97 bits per heavy atom. The molecule has 5 rings (SSSR count). The zero-order valence-corrected chi connectivity index (χ0v) is 22.8. The summed E-state index contributed by atoms with van der Waals surface area (Å²) in [5.41, 5.74) is 3.30. The van der Waals surface area contributed by atoms with Crippen molar-refractivity contribution in [3.8, 4) is 0 Å². The van der Waals surface area contributed by atoms with Crippen LogP contribution in [-0.2, 0) is 15.9 Å². The number of amides is 1. The van der Waals surface area contributed by atoms with Gasteiger partial charge in [0, 0.05) is 40.6 Å². The predicted molar refractivity (Wildman–Crippen MR) is 149 cm³/mol. The summed E-state index contributed by atoms with van der Waals surface area (Å²) in [5.74, 6) is 1.51. The van der Waals surface area contributed by atoms with Gasteiger partial charge in [-0.2, -0.15) is 0 Å². The first kappa shape index (κ1) is 26.0. The molecule has 0 saturated carbocycles. The lowest BCUT2D eigenvalue weighted by molar-refractivity contribution is 0.0934. The van der Waals surface area contributed by atoms with E-state index in [9.17, 15) is 4.79 Å². The highest BCUT2D eigenvalue weighted by Crippen LogP contribution is 2.42. The van der Waals surface area contributed by atoms with Crippen molar-refractivity contribution in [1.29, 1.82) is 0 Å². The second-order valence-electron chi connectivity index (χ2n) is 10.1. The van der Waals surface area contributed by atoms with Crippen LogP contribution in [-0.4, -0.2) is 60.0 Å². The number of H-pyrrole nitrogens is 1. The van der Waals surface area contributed by atoms with Crippen LogP contribution in [0.2, 0.25) is 5.02 Å². The fourth-order valence-corrected chi connectivity index (χ4v) is 5.61. The van der Waals surface area contributed by atoms with Crippen LogP contribution in [0.25, 0.3) is 10.9 Å². The van der Waals surface area contributed by atoms with E-state index in [-0.39, 0.29) is 23.4 Å². The Morgan fingerprint density at radius 1 is 1.16 bits per heavy atom. The number of aromatic nitrogens is 1. The summed E-state index contributed by atoms with van der Waals surface area (Å²) in [6.07, 6.45) is 14.6. The average Bonchev–Trinajstić information content (AvgIpc) is 3.25. The Balaban J connectivity index is 1.38. The van der Waals surface area contributed by atoms with Crippen LogP contribution in [0.5, 0.6) is 0 Å². The van der Waals surface area contributed by atoms with Crippen molar-refractivity contribution in [2.24, 2.45) is 5.92 Å². The van der Waals surface area contributed by atoms with Gasteiger partial charge in [-0.15, -0.1) is 11.6 Å². The summed E-state index contributed by atoms with van der Waals surface area (Å²) in [6.45, 7) is 2.23. The maximum Gasteiger partial charge on any atom is 0.415 e. The SMILES string of the molecule is CN(C)CCCOC1=CCC(C2c3[nH]c4ccc(Cl)cc4c3CCN2C(=O)OC2=CCC(Cl)C=C2)C=C1. The van der Waals surface area contributed by atoms with Gasteiger partial charge < -0.3 is 19.4 Å². The Hall–Kier alpha value is -2.67. The zero-order valence-electron chi connectivity index (χ0n) is 21.3. The number of benzene rings is 1. The number of aromatic amines is 1. The summed E-state index contributed by atoms with van der Waals surface area (Å²) in [5, 5.41) is 1.76. The van der Waals surface area contributed by atoms with Gasteiger partial charge in [-0.05, 0) is 87.8 Å². The number of nitrogens with one attached hydrogen (secondary N) is 1. The first-order chi connectivity index (χ1) is 17.9. The van der Waals surface area contributed by atoms with Crippen LogP contribution in [0.3, 0.4) is 0 Å². The van der Waals surface area contributed by atoms with Crippen molar-refractivity contribution in [2.75, 3.05) is 33.8 Å². The first-order valence-corrected chi connectivity index (χ1v) is 13.7. The lowest BCUT2D eigenvalue weighted by Crippen LogP contribution is -2.43. The minimum Gasteiger partial charge on any atom is -0.494 e. The molecule has 0 radical (unpaired) electrons. The highest BCUT2D eigenvalue weighted by atomic mass is 35.5. The van der Waals surface area contributed by atoms with Crippen LogP contribution in [0.4, 0.5) is 4.79 Å². The van der Waals surface area contributed by atoms with Crippen molar-refractivity contribution < 1.29 is 14.3 Å². The van der Waals surface area contributed by atoms with Gasteiger partial charge in [0.1, 0.15) is 11.5 Å². The molecular weight excluding hydrogens is 509 g/mol. The number of ether oxygens (including phenoxy) is 2. The van der Waals surface area contributed by atoms with E-state index in [0.717, 1.165) is 48.2 Å². The number of rotatable bonds is 7. The van der Waals surface area contributed by atoms with Crippen LogP contribution < -0.4 is 0 Å². The number of allylic oxidation sites excluding steroid dienone is 5. The third-order valence-electron chi connectivity index (χ3n) is 7.11. The Kier molecular flexibility index (Phi) is 7.98. The van der Waals surface area contributed by atoms with E-state index in [1.165, 1.54) is 5.56 Å².